The smallest absolute Gasteiger partial charge is 0.315 e. The highest BCUT2D eigenvalue weighted by molar-refractivity contribution is 5.81. The van der Waals surface area contributed by atoms with E-state index in [0.717, 1.165) is 5.56 Å². The van der Waals surface area contributed by atoms with E-state index in [1.54, 1.807) is 4.90 Å². The first-order valence-electron chi connectivity index (χ1n) is 8.71. The van der Waals surface area contributed by atoms with E-state index in [9.17, 15) is 9.59 Å². The number of nitrogens with zero attached hydrogens (tertiary/aromatic N) is 1. The molecule has 0 aromatic heterocycles. The van der Waals surface area contributed by atoms with Crippen molar-refractivity contribution in [1.82, 2.24) is 15.5 Å². The molecule has 1 saturated heterocycles. The second-order valence-corrected chi connectivity index (χ2v) is 5.86. The fourth-order valence-corrected chi connectivity index (χ4v) is 2.78. The first-order chi connectivity index (χ1) is 12.1. The number of hydrogen-bond acceptors (Lipinski definition) is 4. The van der Waals surface area contributed by atoms with Gasteiger partial charge in [0.2, 0.25) is 5.91 Å². The lowest BCUT2D eigenvalue weighted by Crippen LogP contribution is -2.46. The van der Waals surface area contributed by atoms with E-state index in [0.29, 0.717) is 32.7 Å². The number of amides is 3. The molecule has 1 aromatic carbocycles. The average molecular weight is 349 g/mol. The number of hydrogen-bond donors (Lipinski definition) is 2. The predicted molar refractivity (Wildman–Crippen MR) is 93.8 cm³/mol. The standard InChI is InChI=1S/C18H27N3O4/c1-3-24-17(25-4-2)11-19-18(23)20-15-10-16(22)21(13-15)12-14-8-6-5-7-9-14/h5-9,15,17H,3-4,10-13H2,1-2H3,(H2,19,20,23). The Bertz CT molecular complexity index is 547. The van der Waals surface area contributed by atoms with Crippen LogP contribution >= 0.6 is 0 Å². The summed E-state index contributed by atoms with van der Waals surface area (Å²) in [7, 11) is 0. The van der Waals surface area contributed by atoms with Gasteiger partial charge in [0.15, 0.2) is 6.29 Å². The predicted octanol–water partition coefficient (Wildman–Crippen LogP) is 1.49. The van der Waals surface area contributed by atoms with Crippen molar-refractivity contribution < 1.29 is 19.1 Å². The van der Waals surface area contributed by atoms with Crippen molar-refractivity contribution in [3.8, 4) is 0 Å². The highest BCUT2D eigenvalue weighted by Crippen LogP contribution is 2.15. The van der Waals surface area contributed by atoms with Crippen LogP contribution in [0, 0.1) is 0 Å². The van der Waals surface area contributed by atoms with Crippen LogP contribution in [0.25, 0.3) is 0 Å². The molecule has 0 aliphatic carbocycles. The molecule has 0 spiro atoms. The third kappa shape index (κ3) is 6.36. The molecule has 1 atom stereocenters. The molecule has 7 heteroatoms. The maximum atomic E-state index is 12.1. The van der Waals surface area contributed by atoms with Crippen molar-refractivity contribution >= 4 is 11.9 Å². The largest absolute Gasteiger partial charge is 0.351 e. The SMILES string of the molecule is CCOC(CNC(=O)NC1CC(=O)N(Cc2ccccc2)C1)OCC. The van der Waals surface area contributed by atoms with Gasteiger partial charge in [-0.25, -0.2) is 4.79 Å². The molecule has 7 nitrogen and oxygen atoms in total. The number of urea groups is 1. The van der Waals surface area contributed by atoms with Gasteiger partial charge in [0.05, 0.1) is 12.6 Å². The summed E-state index contributed by atoms with van der Waals surface area (Å²) >= 11 is 0. The molecule has 1 fully saturated rings. The summed E-state index contributed by atoms with van der Waals surface area (Å²) in [5, 5.41) is 5.57. The van der Waals surface area contributed by atoms with Gasteiger partial charge in [-0.2, -0.15) is 0 Å². The van der Waals surface area contributed by atoms with Gasteiger partial charge in [0, 0.05) is 32.7 Å². The van der Waals surface area contributed by atoms with E-state index in [2.05, 4.69) is 10.6 Å². The molecule has 2 rings (SSSR count). The lowest BCUT2D eigenvalue weighted by Gasteiger charge is -2.19. The van der Waals surface area contributed by atoms with E-state index >= 15 is 0 Å². The van der Waals surface area contributed by atoms with Crippen LogP contribution in [0.2, 0.25) is 0 Å². The van der Waals surface area contributed by atoms with Crippen LogP contribution in [0.1, 0.15) is 25.8 Å². The van der Waals surface area contributed by atoms with Crippen molar-refractivity contribution in [3.63, 3.8) is 0 Å². The Balaban J connectivity index is 1.75. The molecule has 2 N–H and O–H groups in total. The minimum atomic E-state index is -0.458. The number of likely N-dealkylation sites (tertiary alicyclic amines) is 1. The lowest BCUT2D eigenvalue weighted by molar-refractivity contribution is -0.131. The van der Waals surface area contributed by atoms with Gasteiger partial charge in [0.1, 0.15) is 0 Å². The minimum absolute atomic E-state index is 0.0515. The van der Waals surface area contributed by atoms with Crippen LogP contribution in [0.15, 0.2) is 30.3 Å². The lowest BCUT2D eigenvalue weighted by atomic mass is 10.2. The van der Waals surface area contributed by atoms with Crippen LogP contribution in [-0.2, 0) is 20.8 Å². The molecular formula is C18H27N3O4. The molecule has 138 valence electrons. The van der Waals surface area contributed by atoms with Gasteiger partial charge >= 0.3 is 6.03 Å². The number of ether oxygens (including phenoxy) is 2. The van der Waals surface area contributed by atoms with Gasteiger partial charge in [-0.3, -0.25) is 4.79 Å². The Morgan fingerprint density at radius 3 is 2.56 bits per heavy atom. The van der Waals surface area contributed by atoms with Gasteiger partial charge in [-0.05, 0) is 19.4 Å². The number of carbonyl (C=O) groups excluding carboxylic acids is 2. The zero-order valence-corrected chi connectivity index (χ0v) is 14.9. The third-order valence-corrected chi connectivity index (χ3v) is 3.90. The van der Waals surface area contributed by atoms with Gasteiger partial charge in [-0.15, -0.1) is 0 Å². The van der Waals surface area contributed by atoms with E-state index < -0.39 is 6.29 Å². The van der Waals surface area contributed by atoms with Crippen molar-refractivity contribution in [2.75, 3.05) is 26.3 Å². The van der Waals surface area contributed by atoms with E-state index in [-0.39, 0.29) is 24.5 Å². The average Bonchev–Trinajstić information content (AvgIpc) is 2.93. The van der Waals surface area contributed by atoms with Crippen LogP contribution < -0.4 is 10.6 Å². The number of carbonyl (C=O) groups is 2. The van der Waals surface area contributed by atoms with Crippen molar-refractivity contribution in [3.05, 3.63) is 35.9 Å². The summed E-state index contributed by atoms with van der Waals surface area (Å²) in [5.74, 6) is 0.0515. The minimum Gasteiger partial charge on any atom is -0.351 e. The highest BCUT2D eigenvalue weighted by atomic mass is 16.7. The topological polar surface area (TPSA) is 79.9 Å². The van der Waals surface area contributed by atoms with E-state index in [4.69, 9.17) is 9.47 Å². The fourth-order valence-electron chi connectivity index (χ4n) is 2.78. The summed E-state index contributed by atoms with van der Waals surface area (Å²) in [6.45, 7) is 6.12. The molecule has 0 saturated carbocycles. The van der Waals surface area contributed by atoms with Crippen LogP contribution in [-0.4, -0.2) is 55.5 Å². The van der Waals surface area contributed by atoms with Gasteiger partial charge in [0.25, 0.3) is 0 Å². The first kappa shape index (κ1) is 19.2. The van der Waals surface area contributed by atoms with Crippen LogP contribution in [0.3, 0.4) is 0 Å². The van der Waals surface area contributed by atoms with Crippen LogP contribution in [0.5, 0.6) is 0 Å². The Kier molecular flexibility index (Phi) is 7.69. The molecule has 1 aliphatic rings. The van der Waals surface area contributed by atoms with Gasteiger partial charge in [-0.1, -0.05) is 30.3 Å². The van der Waals surface area contributed by atoms with Crippen molar-refractivity contribution in [1.29, 1.82) is 0 Å². The number of rotatable bonds is 9. The van der Waals surface area contributed by atoms with E-state index in [1.165, 1.54) is 0 Å². The second kappa shape index (κ2) is 10.0. The van der Waals surface area contributed by atoms with Crippen LogP contribution in [0.4, 0.5) is 4.79 Å². The second-order valence-electron chi connectivity index (χ2n) is 5.86. The highest BCUT2D eigenvalue weighted by Gasteiger charge is 2.30. The number of nitrogens with one attached hydrogen (secondary N) is 2. The van der Waals surface area contributed by atoms with Crippen molar-refractivity contribution in [2.45, 2.75) is 39.1 Å². The summed E-state index contributed by atoms with van der Waals surface area (Å²) in [4.78, 5) is 25.9. The Labute approximate surface area is 148 Å². The third-order valence-electron chi connectivity index (χ3n) is 3.90. The molecule has 25 heavy (non-hydrogen) atoms. The molecule has 1 heterocycles. The Morgan fingerprint density at radius 1 is 1.24 bits per heavy atom. The maximum absolute atomic E-state index is 12.1. The Hall–Kier alpha value is -2.12. The molecule has 1 aliphatic heterocycles. The normalized spacial score (nSPS) is 17.2. The summed E-state index contributed by atoms with van der Waals surface area (Å²) < 4.78 is 10.8. The number of benzene rings is 1. The summed E-state index contributed by atoms with van der Waals surface area (Å²) in [6, 6.07) is 9.32. The van der Waals surface area contributed by atoms with Crippen molar-refractivity contribution in [2.24, 2.45) is 0 Å². The zero-order valence-electron chi connectivity index (χ0n) is 14.9. The molecule has 0 bridgehead atoms. The van der Waals surface area contributed by atoms with Gasteiger partial charge < -0.3 is 25.0 Å². The first-order valence-corrected chi connectivity index (χ1v) is 8.71. The Morgan fingerprint density at radius 2 is 1.92 bits per heavy atom. The summed E-state index contributed by atoms with van der Waals surface area (Å²) in [5.41, 5.74) is 1.08. The zero-order chi connectivity index (χ0) is 18.1. The van der Waals surface area contributed by atoms with E-state index in [1.807, 2.05) is 44.2 Å². The maximum Gasteiger partial charge on any atom is 0.315 e. The fraction of sp³-hybridized carbons (Fsp3) is 0.556. The molecule has 3 amide bonds. The summed E-state index contributed by atoms with van der Waals surface area (Å²) in [6.07, 6.45) is -0.138. The molecule has 1 aromatic rings. The quantitative estimate of drug-likeness (QED) is 0.662. The molecular weight excluding hydrogens is 322 g/mol. The molecule has 0 radical (unpaired) electrons. The molecule has 1 unspecified atom stereocenters. The monoisotopic (exact) mass is 349 g/mol.